The smallest absolute Gasteiger partial charge is 0.338 e. The molecule has 0 spiro atoms. The molecule has 6 nitrogen and oxygen atoms in total. The average Bonchev–Trinajstić information content (AvgIpc) is 2.78. The van der Waals surface area contributed by atoms with Gasteiger partial charge in [-0.3, -0.25) is 4.79 Å². The molecule has 2 rings (SSSR count). The lowest BCUT2D eigenvalue weighted by atomic mass is 10.2. The first-order valence-electron chi connectivity index (χ1n) is 6.16. The number of thiocarbonyl (C=S) groups is 1. The third-order valence-electron chi connectivity index (χ3n) is 2.41. The molecule has 0 saturated carbocycles. The Labute approximate surface area is 130 Å². The van der Waals surface area contributed by atoms with E-state index >= 15 is 0 Å². The van der Waals surface area contributed by atoms with Gasteiger partial charge in [0.15, 0.2) is 10.2 Å². The Kier molecular flexibility index (Phi) is 4.81. The van der Waals surface area contributed by atoms with E-state index in [1.165, 1.54) is 18.3 Å². The van der Waals surface area contributed by atoms with Crippen molar-refractivity contribution >= 4 is 55.9 Å². The minimum Gasteiger partial charge on any atom is -0.462 e. The molecule has 8 heteroatoms. The number of fused-ring (bicyclic) bond motifs is 1. The van der Waals surface area contributed by atoms with Crippen molar-refractivity contribution in [3.05, 3.63) is 23.8 Å². The molecular formula is C13H13N3O3S2. The number of nitrogens with one attached hydrogen (secondary N) is 2. The quantitative estimate of drug-likeness (QED) is 0.666. The van der Waals surface area contributed by atoms with Crippen LogP contribution in [0.5, 0.6) is 0 Å². The molecule has 21 heavy (non-hydrogen) atoms. The molecule has 0 saturated heterocycles. The summed E-state index contributed by atoms with van der Waals surface area (Å²) in [6.07, 6.45) is 0. The second kappa shape index (κ2) is 6.59. The number of carbonyl (C=O) groups is 2. The van der Waals surface area contributed by atoms with Crippen molar-refractivity contribution in [1.29, 1.82) is 0 Å². The Morgan fingerprint density at radius 3 is 2.86 bits per heavy atom. The molecule has 1 aromatic carbocycles. The van der Waals surface area contributed by atoms with Crippen LogP contribution in [0, 0.1) is 0 Å². The number of rotatable bonds is 3. The normalized spacial score (nSPS) is 10.2. The van der Waals surface area contributed by atoms with E-state index in [2.05, 4.69) is 15.6 Å². The monoisotopic (exact) mass is 323 g/mol. The molecule has 0 bridgehead atoms. The van der Waals surface area contributed by atoms with Gasteiger partial charge in [-0.15, -0.1) is 0 Å². The van der Waals surface area contributed by atoms with E-state index < -0.39 is 0 Å². The van der Waals surface area contributed by atoms with Crippen LogP contribution >= 0.6 is 23.6 Å². The van der Waals surface area contributed by atoms with E-state index in [-0.39, 0.29) is 17.0 Å². The fourth-order valence-electron chi connectivity index (χ4n) is 1.61. The maximum atomic E-state index is 11.7. The summed E-state index contributed by atoms with van der Waals surface area (Å²) in [7, 11) is 0. The molecule has 0 aliphatic carbocycles. The largest absolute Gasteiger partial charge is 0.462 e. The number of aromatic nitrogens is 1. The lowest BCUT2D eigenvalue weighted by Crippen LogP contribution is -2.32. The number of carbonyl (C=O) groups excluding carboxylic acids is 2. The van der Waals surface area contributed by atoms with Crippen molar-refractivity contribution in [3.63, 3.8) is 0 Å². The Bertz CT molecular complexity index is 712. The first-order valence-corrected chi connectivity index (χ1v) is 7.38. The van der Waals surface area contributed by atoms with Gasteiger partial charge >= 0.3 is 5.97 Å². The molecule has 1 amide bonds. The minimum absolute atomic E-state index is 0.187. The van der Waals surface area contributed by atoms with Crippen LogP contribution in [0.15, 0.2) is 18.2 Å². The van der Waals surface area contributed by atoms with Crippen LogP contribution in [-0.4, -0.2) is 28.6 Å². The molecule has 2 aromatic rings. The average molecular weight is 323 g/mol. The number of nitrogens with zero attached hydrogens (tertiary/aromatic N) is 1. The van der Waals surface area contributed by atoms with Crippen LogP contribution in [0.3, 0.4) is 0 Å². The van der Waals surface area contributed by atoms with Crippen LogP contribution in [0.25, 0.3) is 10.2 Å². The third kappa shape index (κ3) is 3.96. The van der Waals surface area contributed by atoms with Gasteiger partial charge in [-0.05, 0) is 37.3 Å². The fourth-order valence-corrected chi connectivity index (χ4v) is 2.82. The summed E-state index contributed by atoms with van der Waals surface area (Å²) >= 11 is 6.30. The lowest BCUT2D eigenvalue weighted by Gasteiger charge is -2.03. The van der Waals surface area contributed by atoms with Crippen molar-refractivity contribution in [2.24, 2.45) is 0 Å². The van der Waals surface area contributed by atoms with E-state index in [0.717, 1.165) is 10.2 Å². The van der Waals surface area contributed by atoms with Crippen molar-refractivity contribution in [1.82, 2.24) is 10.3 Å². The van der Waals surface area contributed by atoms with E-state index in [4.69, 9.17) is 17.0 Å². The number of hydrogen-bond donors (Lipinski definition) is 2. The summed E-state index contributed by atoms with van der Waals surface area (Å²) < 4.78 is 5.78. The number of anilines is 1. The van der Waals surface area contributed by atoms with Crippen molar-refractivity contribution < 1.29 is 14.3 Å². The van der Waals surface area contributed by atoms with Gasteiger partial charge in [-0.25, -0.2) is 9.78 Å². The van der Waals surface area contributed by atoms with Crippen LogP contribution in [0.1, 0.15) is 24.2 Å². The van der Waals surface area contributed by atoms with Crippen LogP contribution < -0.4 is 10.6 Å². The van der Waals surface area contributed by atoms with Gasteiger partial charge in [0.05, 0.1) is 22.4 Å². The first-order chi connectivity index (χ1) is 9.99. The number of benzene rings is 1. The summed E-state index contributed by atoms with van der Waals surface area (Å²) in [5.74, 6) is -0.616. The molecule has 0 atom stereocenters. The molecule has 0 aliphatic heterocycles. The first kappa shape index (κ1) is 15.3. The zero-order chi connectivity index (χ0) is 15.4. The van der Waals surface area contributed by atoms with Crippen molar-refractivity contribution in [2.45, 2.75) is 13.8 Å². The molecule has 2 N–H and O–H groups in total. The van der Waals surface area contributed by atoms with E-state index in [1.54, 1.807) is 25.1 Å². The standard InChI is InChI=1S/C13H13N3O3S2/c1-3-19-11(18)8-4-5-9-10(6-8)21-13(15-9)16-12(20)14-7(2)17/h4-6H,3H2,1-2H3,(H2,14,15,16,17,20). The third-order valence-corrected chi connectivity index (χ3v) is 3.55. The van der Waals surface area contributed by atoms with Crippen LogP contribution in [0.4, 0.5) is 5.13 Å². The summed E-state index contributed by atoms with van der Waals surface area (Å²) in [6, 6.07) is 5.12. The van der Waals surface area contributed by atoms with Gasteiger partial charge in [0.1, 0.15) is 0 Å². The predicted molar refractivity (Wildman–Crippen MR) is 85.6 cm³/mol. The SMILES string of the molecule is CCOC(=O)c1ccc2nc(NC(=S)NC(C)=O)sc2c1. The van der Waals surface area contributed by atoms with Gasteiger partial charge in [0.25, 0.3) is 0 Å². The summed E-state index contributed by atoms with van der Waals surface area (Å²) in [4.78, 5) is 26.9. The number of ether oxygens (including phenoxy) is 1. The number of hydrogen-bond acceptors (Lipinski definition) is 6. The Morgan fingerprint density at radius 1 is 1.43 bits per heavy atom. The number of esters is 1. The summed E-state index contributed by atoms with van der Waals surface area (Å²) in [5.41, 5.74) is 1.21. The zero-order valence-electron chi connectivity index (χ0n) is 11.4. The fraction of sp³-hybridized carbons (Fsp3) is 0.231. The minimum atomic E-state index is -0.365. The molecule has 1 heterocycles. The highest BCUT2D eigenvalue weighted by molar-refractivity contribution is 7.80. The maximum Gasteiger partial charge on any atom is 0.338 e. The maximum absolute atomic E-state index is 11.7. The van der Waals surface area contributed by atoms with Crippen LogP contribution in [0.2, 0.25) is 0 Å². The molecule has 1 aromatic heterocycles. The van der Waals surface area contributed by atoms with Gasteiger partial charge in [0, 0.05) is 6.92 Å². The van der Waals surface area contributed by atoms with Crippen molar-refractivity contribution in [2.75, 3.05) is 11.9 Å². The Morgan fingerprint density at radius 2 is 2.19 bits per heavy atom. The predicted octanol–water partition coefficient (Wildman–Crippen LogP) is 2.31. The van der Waals surface area contributed by atoms with Crippen LogP contribution in [-0.2, 0) is 9.53 Å². The summed E-state index contributed by atoms with van der Waals surface area (Å²) in [5, 5.41) is 6.02. The molecule has 0 aliphatic rings. The lowest BCUT2D eigenvalue weighted by molar-refractivity contribution is -0.117. The van der Waals surface area contributed by atoms with Gasteiger partial charge in [-0.2, -0.15) is 0 Å². The highest BCUT2D eigenvalue weighted by Gasteiger charge is 2.11. The van der Waals surface area contributed by atoms with E-state index in [1.807, 2.05) is 0 Å². The second-order valence-corrected chi connectivity index (χ2v) is 5.50. The molecule has 0 fully saturated rings. The molecule has 0 unspecified atom stereocenters. The highest BCUT2D eigenvalue weighted by atomic mass is 32.1. The molecule has 110 valence electrons. The van der Waals surface area contributed by atoms with E-state index in [9.17, 15) is 9.59 Å². The Hall–Kier alpha value is -2.06. The Balaban J connectivity index is 2.19. The number of amides is 1. The van der Waals surface area contributed by atoms with Crippen molar-refractivity contribution in [3.8, 4) is 0 Å². The zero-order valence-corrected chi connectivity index (χ0v) is 13.1. The van der Waals surface area contributed by atoms with Gasteiger partial charge in [-0.1, -0.05) is 11.3 Å². The second-order valence-electron chi connectivity index (χ2n) is 4.06. The topological polar surface area (TPSA) is 80.3 Å². The summed E-state index contributed by atoms with van der Waals surface area (Å²) in [6.45, 7) is 3.46. The van der Waals surface area contributed by atoms with Gasteiger partial charge in [0.2, 0.25) is 5.91 Å². The number of thiazole rings is 1. The molecular weight excluding hydrogens is 310 g/mol. The molecule has 0 radical (unpaired) electrons. The highest BCUT2D eigenvalue weighted by Crippen LogP contribution is 2.27. The van der Waals surface area contributed by atoms with E-state index in [0.29, 0.717) is 17.3 Å². The van der Waals surface area contributed by atoms with Gasteiger partial charge < -0.3 is 15.4 Å².